The van der Waals surface area contributed by atoms with Gasteiger partial charge in [0.2, 0.25) is 0 Å². The minimum absolute atomic E-state index is 0.220. The number of nitrogens with one attached hydrogen (secondary N) is 1. The standard InChI is InChI=1S/C11H18N2O6/c1-19-10(17)7-2-4-13(5-3-7)11(18)12-8(6-14)9(15)16/h7-8,14H,2-6H2,1H3,(H,12,18)(H,15,16). The summed E-state index contributed by atoms with van der Waals surface area (Å²) in [5.74, 6) is -1.80. The third kappa shape index (κ3) is 4.09. The van der Waals surface area contributed by atoms with E-state index in [0.717, 1.165) is 0 Å². The number of ether oxygens (including phenoxy) is 1. The van der Waals surface area contributed by atoms with Gasteiger partial charge < -0.3 is 25.2 Å². The van der Waals surface area contributed by atoms with E-state index in [4.69, 9.17) is 10.2 Å². The average Bonchev–Trinajstić information content (AvgIpc) is 2.43. The lowest BCUT2D eigenvalue weighted by Crippen LogP contribution is -2.51. The van der Waals surface area contributed by atoms with Crippen LogP contribution in [0.2, 0.25) is 0 Å². The van der Waals surface area contributed by atoms with Gasteiger partial charge in [-0.05, 0) is 12.8 Å². The lowest BCUT2D eigenvalue weighted by Gasteiger charge is -2.31. The van der Waals surface area contributed by atoms with Crippen molar-refractivity contribution in [2.75, 3.05) is 26.8 Å². The van der Waals surface area contributed by atoms with Crippen LogP contribution in [0, 0.1) is 5.92 Å². The largest absolute Gasteiger partial charge is 0.480 e. The molecular weight excluding hydrogens is 256 g/mol. The quantitative estimate of drug-likeness (QED) is 0.568. The predicted octanol–water partition coefficient (Wildman–Crippen LogP) is -0.973. The lowest BCUT2D eigenvalue weighted by atomic mass is 9.97. The second-order valence-corrected chi connectivity index (χ2v) is 4.31. The highest BCUT2D eigenvalue weighted by Crippen LogP contribution is 2.18. The number of carbonyl (C=O) groups excluding carboxylic acids is 2. The highest BCUT2D eigenvalue weighted by molar-refractivity contribution is 5.83. The Morgan fingerprint density at radius 3 is 2.37 bits per heavy atom. The second kappa shape index (κ2) is 6.93. The molecule has 1 heterocycles. The van der Waals surface area contributed by atoms with Gasteiger partial charge in [0.15, 0.2) is 6.04 Å². The van der Waals surface area contributed by atoms with E-state index in [1.807, 2.05) is 0 Å². The van der Waals surface area contributed by atoms with Gasteiger partial charge in [0.25, 0.3) is 0 Å². The van der Waals surface area contributed by atoms with Gasteiger partial charge in [0, 0.05) is 13.1 Å². The summed E-state index contributed by atoms with van der Waals surface area (Å²) in [7, 11) is 1.32. The summed E-state index contributed by atoms with van der Waals surface area (Å²) in [6, 6.07) is -1.87. The summed E-state index contributed by atoms with van der Waals surface area (Å²) in [6.45, 7) is 0.0342. The van der Waals surface area contributed by atoms with E-state index in [1.54, 1.807) is 0 Å². The number of carboxylic acids is 1. The van der Waals surface area contributed by atoms with E-state index in [2.05, 4.69) is 10.1 Å². The summed E-state index contributed by atoms with van der Waals surface area (Å²) in [5.41, 5.74) is 0. The third-order valence-electron chi connectivity index (χ3n) is 3.10. The first kappa shape index (κ1) is 15.2. The third-order valence-corrected chi connectivity index (χ3v) is 3.10. The number of hydrogen-bond acceptors (Lipinski definition) is 5. The normalized spacial score (nSPS) is 17.7. The fourth-order valence-electron chi connectivity index (χ4n) is 1.91. The number of aliphatic carboxylic acids is 1. The number of carbonyl (C=O) groups is 3. The number of aliphatic hydroxyl groups excluding tert-OH is 1. The molecule has 1 atom stereocenters. The van der Waals surface area contributed by atoms with Crippen molar-refractivity contribution in [3.8, 4) is 0 Å². The number of nitrogens with zero attached hydrogens (tertiary/aromatic N) is 1. The van der Waals surface area contributed by atoms with Crippen LogP contribution in [0.15, 0.2) is 0 Å². The number of carboxylic acid groups (broad SMARTS) is 1. The summed E-state index contributed by atoms with van der Waals surface area (Å²) in [4.78, 5) is 35.1. The maximum absolute atomic E-state index is 11.7. The van der Waals surface area contributed by atoms with Crippen LogP contribution in [-0.4, -0.2) is 65.9 Å². The maximum atomic E-state index is 11.7. The van der Waals surface area contributed by atoms with E-state index in [-0.39, 0.29) is 11.9 Å². The Kier molecular flexibility index (Phi) is 5.56. The first-order chi connectivity index (χ1) is 8.99. The van der Waals surface area contributed by atoms with E-state index < -0.39 is 24.6 Å². The summed E-state index contributed by atoms with van der Waals surface area (Å²) >= 11 is 0. The zero-order chi connectivity index (χ0) is 14.4. The molecule has 0 aromatic rings. The van der Waals surface area contributed by atoms with Gasteiger partial charge in [0.05, 0.1) is 19.6 Å². The van der Waals surface area contributed by atoms with E-state index in [0.29, 0.717) is 25.9 Å². The Labute approximate surface area is 110 Å². The van der Waals surface area contributed by atoms with Crippen LogP contribution in [0.25, 0.3) is 0 Å². The Bertz CT molecular complexity index is 351. The van der Waals surface area contributed by atoms with E-state index in [9.17, 15) is 14.4 Å². The van der Waals surface area contributed by atoms with Crippen LogP contribution in [0.1, 0.15) is 12.8 Å². The summed E-state index contributed by atoms with van der Waals surface area (Å²) in [5, 5.41) is 19.7. The average molecular weight is 274 g/mol. The molecule has 108 valence electrons. The van der Waals surface area contributed by atoms with E-state index in [1.165, 1.54) is 12.0 Å². The number of esters is 1. The van der Waals surface area contributed by atoms with Crippen molar-refractivity contribution in [2.24, 2.45) is 5.92 Å². The molecule has 8 heteroatoms. The molecule has 0 spiro atoms. The van der Waals surface area contributed by atoms with Crippen molar-refractivity contribution in [1.29, 1.82) is 0 Å². The molecule has 1 fully saturated rings. The number of piperidine rings is 1. The molecule has 0 aromatic carbocycles. The van der Waals surface area contributed by atoms with Crippen LogP contribution in [-0.2, 0) is 14.3 Å². The molecule has 1 saturated heterocycles. The number of hydrogen-bond donors (Lipinski definition) is 3. The molecule has 8 nitrogen and oxygen atoms in total. The van der Waals surface area contributed by atoms with Crippen molar-refractivity contribution in [3.05, 3.63) is 0 Å². The Morgan fingerprint density at radius 2 is 1.95 bits per heavy atom. The van der Waals surface area contributed by atoms with Crippen LogP contribution < -0.4 is 5.32 Å². The number of urea groups is 1. The van der Waals surface area contributed by atoms with Crippen molar-refractivity contribution < 1.29 is 29.3 Å². The van der Waals surface area contributed by atoms with Gasteiger partial charge in [0.1, 0.15) is 0 Å². The smallest absolute Gasteiger partial charge is 0.328 e. The Morgan fingerprint density at radius 1 is 1.37 bits per heavy atom. The fourth-order valence-corrected chi connectivity index (χ4v) is 1.91. The molecule has 1 rings (SSSR count). The zero-order valence-electron chi connectivity index (χ0n) is 10.7. The monoisotopic (exact) mass is 274 g/mol. The number of rotatable bonds is 4. The SMILES string of the molecule is COC(=O)C1CCN(C(=O)NC(CO)C(=O)O)CC1. The molecule has 1 aliphatic rings. The molecule has 0 aliphatic carbocycles. The predicted molar refractivity (Wildman–Crippen MR) is 63.4 cm³/mol. The number of amides is 2. The van der Waals surface area contributed by atoms with Gasteiger partial charge in [-0.1, -0.05) is 0 Å². The first-order valence-electron chi connectivity index (χ1n) is 5.96. The van der Waals surface area contributed by atoms with Gasteiger partial charge in [-0.25, -0.2) is 9.59 Å². The summed E-state index contributed by atoms with van der Waals surface area (Å²) in [6.07, 6.45) is 0.966. The van der Waals surface area contributed by atoms with Crippen LogP contribution >= 0.6 is 0 Å². The lowest BCUT2D eigenvalue weighted by molar-refractivity contribution is -0.146. The molecule has 1 aliphatic heterocycles. The molecule has 0 radical (unpaired) electrons. The highest BCUT2D eigenvalue weighted by atomic mass is 16.5. The Hall–Kier alpha value is -1.83. The minimum Gasteiger partial charge on any atom is -0.480 e. The van der Waals surface area contributed by atoms with Gasteiger partial charge >= 0.3 is 18.0 Å². The molecule has 0 bridgehead atoms. The molecule has 0 saturated carbocycles. The number of likely N-dealkylation sites (tertiary alicyclic amines) is 1. The van der Waals surface area contributed by atoms with Crippen LogP contribution in [0.4, 0.5) is 4.79 Å². The second-order valence-electron chi connectivity index (χ2n) is 4.31. The maximum Gasteiger partial charge on any atom is 0.328 e. The molecule has 2 amide bonds. The number of aliphatic hydroxyl groups is 1. The molecule has 19 heavy (non-hydrogen) atoms. The van der Waals surface area contributed by atoms with Gasteiger partial charge in [-0.3, -0.25) is 4.79 Å². The molecule has 3 N–H and O–H groups in total. The fraction of sp³-hybridized carbons (Fsp3) is 0.727. The summed E-state index contributed by atoms with van der Waals surface area (Å²) < 4.78 is 4.63. The molecule has 0 aromatic heterocycles. The highest BCUT2D eigenvalue weighted by Gasteiger charge is 2.29. The van der Waals surface area contributed by atoms with Crippen molar-refractivity contribution in [1.82, 2.24) is 10.2 Å². The van der Waals surface area contributed by atoms with Crippen molar-refractivity contribution in [3.63, 3.8) is 0 Å². The molecular formula is C11H18N2O6. The van der Waals surface area contributed by atoms with Crippen molar-refractivity contribution in [2.45, 2.75) is 18.9 Å². The first-order valence-corrected chi connectivity index (χ1v) is 5.96. The van der Waals surface area contributed by atoms with Gasteiger partial charge in [-0.2, -0.15) is 0 Å². The van der Waals surface area contributed by atoms with Crippen LogP contribution in [0.3, 0.4) is 0 Å². The van der Waals surface area contributed by atoms with Crippen LogP contribution in [0.5, 0.6) is 0 Å². The molecule has 1 unspecified atom stereocenters. The number of methoxy groups -OCH3 is 1. The van der Waals surface area contributed by atoms with Gasteiger partial charge in [-0.15, -0.1) is 0 Å². The van der Waals surface area contributed by atoms with E-state index >= 15 is 0 Å². The van der Waals surface area contributed by atoms with Crippen molar-refractivity contribution >= 4 is 18.0 Å². The topological polar surface area (TPSA) is 116 Å². The minimum atomic E-state index is -1.31. The zero-order valence-corrected chi connectivity index (χ0v) is 10.7. The Balaban J connectivity index is 2.44.